The molecule has 40 heavy (non-hydrogen) atoms. The molecule has 6 rings (SSSR count). The maximum atomic E-state index is 6.92. The van der Waals surface area contributed by atoms with Crippen LogP contribution in [-0.2, 0) is 19.3 Å². The van der Waals surface area contributed by atoms with Gasteiger partial charge in [0.25, 0.3) is 0 Å². The predicted octanol–water partition coefficient (Wildman–Crippen LogP) is 11.1. The van der Waals surface area contributed by atoms with E-state index in [0.717, 1.165) is 47.4 Å². The Morgan fingerprint density at radius 1 is 0.600 bits per heavy atom. The highest BCUT2D eigenvalue weighted by atomic mass is 16.5. The average molecular weight is 530 g/mol. The van der Waals surface area contributed by atoms with E-state index in [1.807, 2.05) is 6.20 Å². The van der Waals surface area contributed by atoms with Gasteiger partial charge in [0.2, 0.25) is 0 Å². The summed E-state index contributed by atoms with van der Waals surface area (Å²) in [6.45, 7) is 20.8. The Hall–Kier alpha value is -3.39. The number of aromatic nitrogens is 1. The highest BCUT2D eigenvalue weighted by Gasteiger charge is 2.29. The first-order valence-corrected chi connectivity index (χ1v) is 14.8. The van der Waals surface area contributed by atoms with Crippen molar-refractivity contribution in [3.05, 3.63) is 77.5 Å². The van der Waals surface area contributed by atoms with Crippen molar-refractivity contribution in [2.75, 3.05) is 0 Å². The highest BCUT2D eigenvalue weighted by molar-refractivity contribution is 6.16. The van der Waals surface area contributed by atoms with Crippen LogP contribution in [0.3, 0.4) is 0 Å². The van der Waals surface area contributed by atoms with E-state index in [1.54, 1.807) is 0 Å². The normalized spacial score (nSPS) is 13.6. The molecule has 0 aliphatic carbocycles. The Morgan fingerprint density at radius 3 is 1.93 bits per heavy atom. The van der Waals surface area contributed by atoms with Crippen molar-refractivity contribution in [2.45, 2.75) is 81.6 Å². The molecular formula is C38H43NO. The van der Waals surface area contributed by atoms with Gasteiger partial charge in [-0.05, 0) is 91.8 Å². The van der Waals surface area contributed by atoms with Crippen molar-refractivity contribution in [3.8, 4) is 22.8 Å². The number of pyridine rings is 1. The molecule has 1 aromatic heterocycles. The van der Waals surface area contributed by atoms with Gasteiger partial charge in [0.15, 0.2) is 0 Å². The van der Waals surface area contributed by atoms with Gasteiger partial charge in [-0.1, -0.05) is 98.7 Å². The maximum Gasteiger partial charge on any atom is 0.140 e. The largest absolute Gasteiger partial charge is 0.456 e. The van der Waals surface area contributed by atoms with Gasteiger partial charge in [-0.3, -0.25) is 4.98 Å². The quantitative estimate of drug-likeness (QED) is 0.213. The zero-order valence-electron chi connectivity index (χ0n) is 25.8. The number of hydrogen-bond donors (Lipinski definition) is 0. The molecule has 2 nitrogen and oxygen atoms in total. The minimum atomic E-state index is 0.113. The summed E-state index contributed by atoms with van der Waals surface area (Å²) in [5.41, 5.74) is 6.77. The molecule has 206 valence electrons. The third kappa shape index (κ3) is 5.09. The fourth-order valence-corrected chi connectivity index (χ4v) is 6.46. The molecule has 0 atom stereocenters. The molecule has 2 heteroatoms. The van der Waals surface area contributed by atoms with Gasteiger partial charge in [-0.15, -0.1) is 0 Å². The summed E-state index contributed by atoms with van der Waals surface area (Å²) in [5, 5.41) is 7.40. The lowest BCUT2D eigenvalue weighted by molar-refractivity contribution is 0.400. The second-order valence-corrected chi connectivity index (χ2v) is 15.6. The molecule has 0 radical (unpaired) electrons. The molecule has 0 unspecified atom stereocenters. The molecule has 0 saturated heterocycles. The zero-order valence-corrected chi connectivity index (χ0v) is 25.8. The number of fused-ring (bicyclic) bond motifs is 5. The van der Waals surface area contributed by atoms with E-state index in [0.29, 0.717) is 0 Å². The lowest BCUT2D eigenvalue weighted by atomic mass is 9.82. The third-order valence-corrected chi connectivity index (χ3v) is 7.79. The van der Waals surface area contributed by atoms with Gasteiger partial charge < -0.3 is 4.74 Å². The molecule has 5 aromatic rings. The molecule has 2 heterocycles. The fraction of sp³-hybridized carbons (Fsp3) is 0.395. The second-order valence-electron chi connectivity index (χ2n) is 15.6. The first-order valence-electron chi connectivity index (χ1n) is 14.8. The Labute approximate surface area is 239 Å². The van der Waals surface area contributed by atoms with Crippen LogP contribution in [0.1, 0.15) is 79.0 Å². The van der Waals surface area contributed by atoms with Crippen molar-refractivity contribution in [2.24, 2.45) is 16.2 Å². The van der Waals surface area contributed by atoms with Crippen LogP contribution in [0.5, 0.6) is 11.5 Å². The maximum absolute atomic E-state index is 6.92. The molecule has 0 amide bonds. The van der Waals surface area contributed by atoms with E-state index in [2.05, 4.69) is 117 Å². The minimum Gasteiger partial charge on any atom is -0.456 e. The third-order valence-electron chi connectivity index (χ3n) is 7.79. The Balaban J connectivity index is 1.62. The first kappa shape index (κ1) is 26.8. The van der Waals surface area contributed by atoms with E-state index in [-0.39, 0.29) is 16.2 Å². The second kappa shape index (κ2) is 9.06. The summed E-state index contributed by atoms with van der Waals surface area (Å²) in [7, 11) is 0. The summed E-state index contributed by atoms with van der Waals surface area (Å²) in [6.07, 6.45) is 5.00. The van der Waals surface area contributed by atoms with Crippen molar-refractivity contribution >= 4 is 32.3 Å². The van der Waals surface area contributed by atoms with E-state index in [1.165, 1.54) is 43.6 Å². The van der Waals surface area contributed by atoms with Crippen LogP contribution >= 0.6 is 0 Å². The Kier molecular flexibility index (Phi) is 6.07. The standard InChI is InChI=1S/C38H43NO/c1-36(2,3)20-23-11-13-27-26(16-23)18-30-34-33-28(14-15-39-34)29-17-24(21-37(4,5)6)10-12-25(29)19-32(33)40-35(30)31(27)22-38(7,8)9/h10-19H,20-22H2,1-9H3. The average Bonchev–Trinajstić information content (AvgIpc) is 2.82. The summed E-state index contributed by atoms with van der Waals surface area (Å²) in [4.78, 5) is 5.01. The van der Waals surface area contributed by atoms with E-state index in [9.17, 15) is 0 Å². The topological polar surface area (TPSA) is 22.1 Å². The number of nitrogens with zero attached hydrogens (tertiary/aromatic N) is 1. The number of benzene rings is 4. The van der Waals surface area contributed by atoms with Crippen molar-refractivity contribution in [3.63, 3.8) is 0 Å². The molecule has 0 saturated carbocycles. The molecule has 0 fully saturated rings. The molecular weight excluding hydrogens is 486 g/mol. The van der Waals surface area contributed by atoms with Gasteiger partial charge in [0, 0.05) is 17.3 Å². The summed E-state index contributed by atoms with van der Waals surface area (Å²) in [5.74, 6) is 1.89. The number of ether oxygens (including phenoxy) is 1. The lowest BCUT2D eigenvalue weighted by Gasteiger charge is -2.28. The van der Waals surface area contributed by atoms with Crippen LogP contribution < -0.4 is 4.74 Å². The molecule has 0 bridgehead atoms. The number of hydrogen-bond acceptors (Lipinski definition) is 2. The fourth-order valence-electron chi connectivity index (χ4n) is 6.46. The van der Waals surface area contributed by atoms with Crippen LogP contribution in [0.25, 0.3) is 43.6 Å². The Morgan fingerprint density at radius 2 is 1.25 bits per heavy atom. The SMILES string of the molecule is CC(C)(C)Cc1ccc2c(CC(C)(C)C)c3c(cc2c1)-c1nccc2c1c(cc1ccc(CC(C)(C)C)cc12)O3. The van der Waals surface area contributed by atoms with Gasteiger partial charge in [0.1, 0.15) is 11.5 Å². The zero-order chi connectivity index (χ0) is 28.6. The molecule has 0 N–H and O–H groups in total. The number of rotatable bonds is 3. The van der Waals surface area contributed by atoms with Gasteiger partial charge in [-0.2, -0.15) is 0 Å². The Bertz CT molecular complexity index is 1790. The van der Waals surface area contributed by atoms with Crippen LogP contribution in [0.15, 0.2) is 60.8 Å². The van der Waals surface area contributed by atoms with Crippen molar-refractivity contribution < 1.29 is 4.74 Å². The highest BCUT2D eigenvalue weighted by Crippen LogP contribution is 2.51. The summed E-state index contributed by atoms with van der Waals surface area (Å²) < 4.78 is 6.92. The van der Waals surface area contributed by atoms with Crippen LogP contribution in [0.2, 0.25) is 0 Å². The minimum absolute atomic E-state index is 0.113. The van der Waals surface area contributed by atoms with Crippen molar-refractivity contribution in [1.82, 2.24) is 4.98 Å². The summed E-state index contributed by atoms with van der Waals surface area (Å²) in [6, 6.07) is 20.7. The van der Waals surface area contributed by atoms with Gasteiger partial charge in [0.05, 0.1) is 11.1 Å². The van der Waals surface area contributed by atoms with Crippen LogP contribution in [0, 0.1) is 16.2 Å². The van der Waals surface area contributed by atoms with E-state index in [4.69, 9.17) is 9.72 Å². The smallest absolute Gasteiger partial charge is 0.140 e. The van der Waals surface area contributed by atoms with Crippen LogP contribution in [-0.4, -0.2) is 4.98 Å². The molecule has 0 spiro atoms. The monoisotopic (exact) mass is 529 g/mol. The predicted molar refractivity (Wildman–Crippen MR) is 172 cm³/mol. The lowest BCUT2D eigenvalue weighted by Crippen LogP contribution is -2.13. The molecule has 1 aliphatic rings. The van der Waals surface area contributed by atoms with Gasteiger partial charge >= 0.3 is 0 Å². The molecule has 4 aromatic carbocycles. The van der Waals surface area contributed by atoms with E-state index >= 15 is 0 Å². The van der Waals surface area contributed by atoms with Crippen LogP contribution in [0.4, 0.5) is 0 Å². The van der Waals surface area contributed by atoms with Gasteiger partial charge in [-0.25, -0.2) is 0 Å². The summed E-state index contributed by atoms with van der Waals surface area (Å²) >= 11 is 0. The molecule has 1 aliphatic heterocycles. The van der Waals surface area contributed by atoms with Crippen molar-refractivity contribution in [1.29, 1.82) is 0 Å². The van der Waals surface area contributed by atoms with E-state index < -0.39 is 0 Å². The first-order chi connectivity index (χ1) is 18.7.